The molecule has 3 aliphatic heterocycles. The third-order valence-electron chi connectivity index (χ3n) is 5.70. The number of ether oxygens (including phenoxy) is 5. The first-order valence-corrected chi connectivity index (χ1v) is 10.00. The summed E-state index contributed by atoms with van der Waals surface area (Å²) >= 11 is 0. The summed E-state index contributed by atoms with van der Waals surface area (Å²) < 4.78 is 26.4. The minimum absolute atomic E-state index is 0.424. The molecule has 0 bridgehead atoms. The van der Waals surface area contributed by atoms with Crippen LogP contribution < -0.4 is 0 Å². The maximum atomic E-state index is 10.6. The number of aliphatic hydroxyl groups is 10. The van der Waals surface area contributed by atoms with Gasteiger partial charge < -0.3 is 74.7 Å². The van der Waals surface area contributed by atoms with Gasteiger partial charge in [0, 0.05) is 0 Å². The molecule has 188 valence electrons. The van der Waals surface area contributed by atoms with Gasteiger partial charge in [-0.15, -0.1) is 0 Å². The minimum Gasteiger partial charge on any atom is -0.394 e. The van der Waals surface area contributed by atoms with E-state index in [-0.39, 0.29) is 0 Å². The van der Waals surface area contributed by atoms with E-state index in [2.05, 4.69) is 0 Å². The van der Waals surface area contributed by atoms with Crippen LogP contribution in [0.2, 0.25) is 0 Å². The molecule has 0 spiro atoms. The molecule has 0 aliphatic carbocycles. The highest BCUT2D eigenvalue weighted by Crippen LogP contribution is 2.31. The predicted molar refractivity (Wildman–Crippen MR) is 95.2 cm³/mol. The lowest BCUT2D eigenvalue weighted by Gasteiger charge is -2.47. The Morgan fingerprint density at radius 1 is 0.594 bits per heavy atom. The van der Waals surface area contributed by atoms with Crippen LogP contribution in [0.25, 0.3) is 0 Å². The second kappa shape index (κ2) is 10.8. The van der Waals surface area contributed by atoms with Gasteiger partial charge in [0.05, 0.1) is 19.8 Å². The lowest BCUT2D eigenvalue weighted by atomic mass is 9.96. The van der Waals surface area contributed by atoms with E-state index < -0.39 is 106 Å². The fourth-order valence-corrected chi connectivity index (χ4v) is 3.75. The van der Waals surface area contributed by atoms with Crippen molar-refractivity contribution >= 4 is 0 Å². The van der Waals surface area contributed by atoms with Crippen molar-refractivity contribution in [1.82, 2.24) is 0 Å². The van der Waals surface area contributed by atoms with Gasteiger partial charge in [0.2, 0.25) is 0 Å². The Kier molecular flexibility index (Phi) is 8.75. The molecule has 15 heteroatoms. The maximum Gasteiger partial charge on any atom is 0.187 e. The second-order valence-corrected chi connectivity index (χ2v) is 7.89. The third kappa shape index (κ3) is 5.07. The fraction of sp³-hybridized carbons (Fsp3) is 1.00. The quantitative estimate of drug-likeness (QED) is 0.172. The van der Waals surface area contributed by atoms with Crippen molar-refractivity contribution in [2.75, 3.05) is 19.8 Å². The minimum atomic E-state index is -1.87. The standard InChI is InChI=1S/C17H30O15/c18-1-5-8(22)10(24)12(26)17(30-5)31-13-9(23)6(2-19)29-15(27)14(13)32-16-11(25)7(21)4(20)3-28-16/h4-27H,1-3H2. The molecule has 0 aromatic carbocycles. The average Bonchev–Trinajstić information content (AvgIpc) is 2.78. The Labute approximate surface area is 181 Å². The Hall–Kier alpha value is -0.600. The van der Waals surface area contributed by atoms with Crippen LogP contribution in [0.5, 0.6) is 0 Å². The zero-order valence-corrected chi connectivity index (χ0v) is 16.7. The molecule has 14 atom stereocenters. The van der Waals surface area contributed by atoms with Gasteiger partial charge in [-0.2, -0.15) is 0 Å². The van der Waals surface area contributed by atoms with Gasteiger partial charge in [0.25, 0.3) is 0 Å². The third-order valence-corrected chi connectivity index (χ3v) is 5.70. The van der Waals surface area contributed by atoms with Gasteiger partial charge in [-0.05, 0) is 0 Å². The first kappa shape index (κ1) is 26.0. The summed E-state index contributed by atoms with van der Waals surface area (Å²) in [5, 5.41) is 99.2. The van der Waals surface area contributed by atoms with Crippen molar-refractivity contribution in [3.63, 3.8) is 0 Å². The van der Waals surface area contributed by atoms with Crippen molar-refractivity contribution < 1.29 is 74.7 Å². The van der Waals surface area contributed by atoms with Gasteiger partial charge in [0.15, 0.2) is 18.9 Å². The van der Waals surface area contributed by atoms with E-state index in [9.17, 15) is 51.1 Å². The number of hydrogen-bond donors (Lipinski definition) is 10. The lowest BCUT2D eigenvalue weighted by molar-refractivity contribution is -0.382. The molecular weight excluding hydrogens is 444 g/mol. The van der Waals surface area contributed by atoms with E-state index >= 15 is 0 Å². The summed E-state index contributed by atoms with van der Waals surface area (Å²) in [6.45, 7) is -1.93. The highest BCUT2D eigenvalue weighted by Gasteiger charge is 2.52. The van der Waals surface area contributed by atoms with Crippen LogP contribution in [0.4, 0.5) is 0 Å². The normalized spacial score (nSPS) is 52.7. The predicted octanol–water partition coefficient (Wildman–Crippen LogP) is -6.93. The molecule has 14 unspecified atom stereocenters. The zero-order valence-electron chi connectivity index (χ0n) is 16.7. The van der Waals surface area contributed by atoms with Crippen LogP contribution in [0.15, 0.2) is 0 Å². The van der Waals surface area contributed by atoms with Crippen LogP contribution in [-0.4, -0.2) is 157 Å². The summed E-state index contributed by atoms with van der Waals surface area (Å²) in [5.41, 5.74) is 0. The molecule has 3 saturated heterocycles. The van der Waals surface area contributed by atoms with Crippen molar-refractivity contribution in [2.24, 2.45) is 0 Å². The van der Waals surface area contributed by atoms with Crippen LogP contribution in [0.3, 0.4) is 0 Å². The molecule has 3 rings (SSSR count). The molecular formula is C17H30O15. The molecule has 15 nitrogen and oxygen atoms in total. The van der Waals surface area contributed by atoms with E-state index in [1.165, 1.54) is 0 Å². The van der Waals surface area contributed by atoms with Gasteiger partial charge >= 0.3 is 0 Å². The Morgan fingerprint density at radius 3 is 1.78 bits per heavy atom. The number of aliphatic hydroxyl groups excluding tert-OH is 10. The van der Waals surface area contributed by atoms with Crippen molar-refractivity contribution in [3.8, 4) is 0 Å². The van der Waals surface area contributed by atoms with E-state index in [1.54, 1.807) is 0 Å². The number of rotatable bonds is 6. The molecule has 32 heavy (non-hydrogen) atoms. The monoisotopic (exact) mass is 474 g/mol. The largest absolute Gasteiger partial charge is 0.394 e. The Bertz CT molecular complexity index is 594. The molecule has 0 saturated carbocycles. The zero-order chi connectivity index (χ0) is 23.7. The van der Waals surface area contributed by atoms with Crippen LogP contribution in [-0.2, 0) is 23.7 Å². The molecule has 3 fully saturated rings. The van der Waals surface area contributed by atoms with E-state index in [0.717, 1.165) is 0 Å². The lowest BCUT2D eigenvalue weighted by Crippen LogP contribution is -2.66. The maximum absolute atomic E-state index is 10.6. The summed E-state index contributed by atoms with van der Waals surface area (Å²) in [6, 6.07) is 0. The van der Waals surface area contributed by atoms with Gasteiger partial charge in [-0.1, -0.05) is 0 Å². The highest BCUT2D eigenvalue weighted by molar-refractivity contribution is 4.95. The van der Waals surface area contributed by atoms with Crippen molar-refractivity contribution in [1.29, 1.82) is 0 Å². The van der Waals surface area contributed by atoms with E-state index in [4.69, 9.17) is 23.7 Å². The summed E-state index contributed by atoms with van der Waals surface area (Å²) in [4.78, 5) is 0. The number of hydrogen-bond acceptors (Lipinski definition) is 15. The smallest absolute Gasteiger partial charge is 0.187 e. The fourth-order valence-electron chi connectivity index (χ4n) is 3.75. The molecule has 0 aromatic rings. The van der Waals surface area contributed by atoms with E-state index in [1.807, 2.05) is 0 Å². The molecule has 10 N–H and O–H groups in total. The van der Waals surface area contributed by atoms with Gasteiger partial charge in [-0.25, -0.2) is 0 Å². The first-order chi connectivity index (χ1) is 15.1. The topological polar surface area (TPSA) is 248 Å². The molecule has 0 aromatic heterocycles. The SMILES string of the molecule is OCC1OC(OC2C(O)C(CO)OC(O)C2OC2OCC(O)C(O)C2O)C(O)C(O)C1O. The first-order valence-electron chi connectivity index (χ1n) is 10.00. The summed E-state index contributed by atoms with van der Waals surface area (Å²) in [5.74, 6) is 0. The molecule has 0 amide bonds. The van der Waals surface area contributed by atoms with Crippen LogP contribution in [0, 0.1) is 0 Å². The van der Waals surface area contributed by atoms with Crippen LogP contribution >= 0.6 is 0 Å². The molecule has 3 heterocycles. The second-order valence-electron chi connectivity index (χ2n) is 7.89. The van der Waals surface area contributed by atoms with Crippen molar-refractivity contribution in [2.45, 2.75) is 86.0 Å². The summed E-state index contributed by atoms with van der Waals surface area (Å²) in [6.07, 6.45) is -23.0. The van der Waals surface area contributed by atoms with Crippen molar-refractivity contribution in [3.05, 3.63) is 0 Å². The van der Waals surface area contributed by atoms with Gasteiger partial charge in [-0.3, -0.25) is 0 Å². The molecule has 0 radical (unpaired) electrons. The van der Waals surface area contributed by atoms with Gasteiger partial charge in [0.1, 0.15) is 67.1 Å². The Balaban J connectivity index is 1.80. The Morgan fingerprint density at radius 2 is 1.16 bits per heavy atom. The average molecular weight is 474 g/mol. The van der Waals surface area contributed by atoms with Crippen LogP contribution in [0.1, 0.15) is 0 Å². The molecule has 3 aliphatic rings. The summed E-state index contributed by atoms with van der Waals surface area (Å²) in [7, 11) is 0. The van der Waals surface area contributed by atoms with E-state index in [0.29, 0.717) is 0 Å². The highest BCUT2D eigenvalue weighted by atomic mass is 16.8.